The van der Waals surface area contributed by atoms with Crippen molar-refractivity contribution in [1.29, 1.82) is 0 Å². The minimum atomic E-state index is -0.523. The molecule has 3 rings (SSSR count). The molecule has 1 fully saturated rings. The van der Waals surface area contributed by atoms with E-state index < -0.39 is 4.92 Å². The van der Waals surface area contributed by atoms with E-state index in [0.29, 0.717) is 5.82 Å². The van der Waals surface area contributed by atoms with E-state index in [4.69, 9.17) is 0 Å². The monoisotopic (exact) mass is 283 g/mol. The van der Waals surface area contributed by atoms with E-state index in [1.165, 1.54) is 12.1 Å². The van der Waals surface area contributed by atoms with E-state index in [2.05, 4.69) is 10.3 Å². The zero-order valence-electron chi connectivity index (χ0n) is 11.1. The molecule has 1 amide bonds. The van der Waals surface area contributed by atoms with Crippen molar-refractivity contribution >= 4 is 17.4 Å². The fourth-order valence-electron chi connectivity index (χ4n) is 2.34. The molecular weight excluding hydrogens is 270 g/mol. The smallest absolute Gasteiger partial charge is 0.287 e. The molecule has 0 aliphatic heterocycles. The Morgan fingerprint density at radius 3 is 2.62 bits per heavy atom. The van der Waals surface area contributed by atoms with Crippen LogP contribution in [0.1, 0.15) is 17.9 Å². The molecule has 21 heavy (non-hydrogen) atoms. The Bertz CT molecular complexity index is 670. The van der Waals surface area contributed by atoms with Crippen LogP contribution >= 0.6 is 0 Å². The van der Waals surface area contributed by atoms with Crippen molar-refractivity contribution in [2.24, 2.45) is 5.92 Å². The fraction of sp³-hybridized carbons (Fsp3) is 0.200. The SMILES string of the molecule is O=C(Nc1ccc([N+](=O)[O-])cn1)[C@@H]1C[C@@H]1c1ccccc1. The topological polar surface area (TPSA) is 85.1 Å². The number of nitrogens with one attached hydrogen (secondary N) is 1. The van der Waals surface area contributed by atoms with Gasteiger partial charge in [0.25, 0.3) is 5.69 Å². The molecule has 106 valence electrons. The Morgan fingerprint density at radius 2 is 2.00 bits per heavy atom. The lowest BCUT2D eigenvalue weighted by molar-refractivity contribution is -0.385. The van der Waals surface area contributed by atoms with Crippen molar-refractivity contribution in [2.45, 2.75) is 12.3 Å². The summed E-state index contributed by atoms with van der Waals surface area (Å²) in [5.41, 5.74) is 1.07. The first-order valence-corrected chi connectivity index (χ1v) is 6.61. The number of nitro groups is 1. The average molecular weight is 283 g/mol. The first kappa shape index (κ1) is 13.2. The van der Waals surface area contributed by atoms with Crippen LogP contribution in [0.4, 0.5) is 11.5 Å². The number of nitrogens with zero attached hydrogens (tertiary/aromatic N) is 2. The van der Waals surface area contributed by atoms with Gasteiger partial charge in [-0.15, -0.1) is 0 Å². The number of hydrogen-bond acceptors (Lipinski definition) is 4. The number of carbonyl (C=O) groups excluding carboxylic acids is 1. The maximum atomic E-state index is 12.1. The Balaban J connectivity index is 1.62. The molecule has 0 bridgehead atoms. The van der Waals surface area contributed by atoms with E-state index >= 15 is 0 Å². The Morgan fingerprint density at radius 1 is 1.24 bits per heavy atom. The molecular formula is C15H13N3O3. The summed E-state index contributed by atoms with van der Waals surface area (Å²) in [5, 5.41) is 13.2. The van der Waals surface area contributed by atoms with Crippen molar-refractivity contribution in [3.63, 3.8) is 0 Å². The average Bonchev–Trinajstić information content (AvgIpc) is 3.29. The van der Waals surface area contributed by atoms with Crippen LogP contribution in [0.15, 0.2) is 48.7 Å². The first-order valence-electron chi connectivity index (χ1n) is 6.61. The second-order valence-corrected chi connectivity index (χ2v) is 5.01. The maximum Gasteiger partial charge on any atom is 0.287 e. The summed E-state index contributed by atoms with van der Waals surface area (Å²) >= 11 is 0. The molecule has 2 aromatic rings. The van der Waals surface area contributed by atoms with Gasteiger partial charge in [-0.05, 0) is 24.0 Å². The van der Waals surface area contributed by atoms with Gasteiger partial charge in [0.15, 0.2) is 0 Å². The van der Waals surface area contributed by atoms with Crippen LogP contribution in [0, 0.1) is 16.0 Å². The van der Waals surface area contributed by atoms with Gasteiger partial charge in [-0.3, -0.25) is 14.9 Å². The molecule has 0 spiro atoms. The van der Waals surface area contributed by atoms with Gasteiger partial charge >= 0.3 is 0 Å². The molecule has 1 aromatic carbocycles. The zero-order chi connectivity index (χ0) is 14.8. The van der Waals surface area contributed by atoms with Gasteiger partial charge < -0.3 is 5.32 Å². The number of anilines is 1. The summed E-state index contributed by atoms with van der Waals surface area (Å²) in [4.78, 5) is 26.0. The second-order valence-electron chi connectivity index (χ2n) is 5.01. The third-order valence-corrected chi connectivity index (χ3v) is 3.56. The number of pyridine rings is 1. The van der Waals surface area contributed by atoms with Crippen LogP contribution in [-0.4, -0.2) is 15.8 Å². The number of amides is 1. The molecule has 6 nitrogen and oxygen atoms in total. The molecule has 0 radical (unpaired) electrons. The van der Waals surface area contributed by atoms with Crippen molar-refractivity contribution in [2.75, 3.05) is 5.32 Å². The molecule has 6 heteroatoms. The number of benzene rings is 1. The van der Waals surface area contributed by atoms with Gasteiger partial charge in [0.05, 0.1) is 4.92 Å². The Hall–Kier alpha value is -2.76. The van der Waals surface area contributed by atoms with Gasteiger partial charge in [0.2, 0.25) is 5.91 Å². The summed E-state index contributed by atoms with van der Waals surface area (Å²) in [6, 6.07) is 12.7. The van der Waals surface area contributed by atoms with Gasteiger partial charge in [-0.1, -0.05) is 30.3 Å². The third-order valence-electron chi connectivity index (χ3n) is 3.56. The lowest BCUT2D eigenvalue weighted by Crippen LogP contribution is -2.15. The van der Waals surface area contributed by atoms with E-state index in [1.807, 2.05) is 30.3 Å². The van der Waals surface area contributed by atoms with Crippen molar-refractivity contribution < 1.29 is 9.72 Å². The second kappa shape index (κ2) is 5.32. The fourth-order valence-corrected chi connectivity index (χ4v) is 2.34. The van der Waals surface area contributed by atoms with Gasteiger partial charge in [-0.2, -0.15) is 0 Å². The standard InChI is InChI=1S/C15H13N3O3/c19-15(13-8-12(13)10-4-2-1-3-5-10)17-14-7-6-11(9-16-14)18(20)21/h1-7,9,12-13H,8H2,(H,16,17,19)/t12-,13-/m1/s1. The van der Waals surface area contributed by atoms with Gasteiger partial charge in [0, 0.05) is 12.0 Å². The van der Waals surface area contributed by atoms with E-state index in [0.717, 1.165) is 18.2 Å². The maximum absolute atomic E-state index is 12.1. The Kier molecular flexibility index (Phi) is 3.35. The number of hydrogen-bond donors (Lipinski definition) is 1. The molecule has 0 unspecified atom stereocenters. The van der Waals surface area contributed by atoms with Crippen molar-refractivity contribution in [3.05, 3.63) is 64.3 Å². The summed E-state index contributed by atoms with van der Waals surface area (Å²) < 4.78 is 0. The third kappa shape index (κ3) is 2.89. The number of carbonyl (C=O) groups is 1. The van der Waals surface area contributed by atoms with Crippen LogP contribution in [-0.2, 0) is 4.79 Å². The predicted octanol–water partition coefficient (Wildman–Crippen LogP) is 2.73. The summed E-state index contributed by atoms with van der Waals surface area (Å²) in [7, 11) is 0. The Labute approximate surface area is 121 Å². The molecule has 1 aliphatic carbocycles. The highest BCUT2D eigenvalue weighted by atomic mass is 16.6. The van der Waals surface area contributed by atoms with Crippen molar-refractivity contribution in [3.8, 4) is 0 Å². The largest absolute Gasteiger partial charge is 0.310 e. The molecule has 1 saturated carbocycles. The van der Waals surface area contributed by atoms with Crippen LogP contribution in [0.25, 0.3) is 0 Å². The molecule has 1 heterocycles. The minimum absolute atomic E-state index is 0.0515. The molecule has 2 atom stereocenters. The van der Waals surface area contributed by atoms with E-state index in [1.54, 1.807) is 0 Å². The predicted molar refractivity (Wildman–Crippen MR) is 76.8 cm³/mol. The lowest BCUT2D eigenvalue weighted by atomic mass is 10.1. The molecule has 1 N–H and O–H groups in total. The van der Waals surface area contributed by atoms with Crippen molar-refractivity contribution in [1.82, 2.24) is 4.98 Å². The quantitative estimate of drug-likeness (QED) is 0.690. The molecule has 1 aliphatic rings. The number of aromatic nitrogens is 1. The van der Waals surface area contributed by atoms with Gasteiger partial charge in [-0.25, -0.2) is 4.98 Å². The van der Waals surface area contributed by atoms with Gasteiger partial charge in [0.1, 0.15) is 12.0 Å². The normalized spacial score (nSPS) is 19.8. The van der Waals surface area contributed by atoms with E-state index in [-0.39, 0.29) is 23.4 Å². The zero-order valence-corrected chi connectivity index (χ0v) is 11.1. The van der Waals surface area contributed by atoms with Crippen LogP contribution in [0.5, 0.6) is 0 Å². The summed E-state index contributed by atoms with van der Waals surface area (Å²) in [6.07, 6.45) is 1.96. The highest BCUT2D eigenvalue weighted by Crippen LogP contribution is 2.47. The van der Waals surface area contributed by atoms with Crippen LogP contribution in [0.2, 0.25) is 0 Å². The van der Waals surface area contributed by atoms with Crippen LogP contribution in [0.3, 0.4) is 0 Å². The summed E-state index contributed by atoms with van der Waals surface area (Å²) in [5.74, 6) is 0.447. The number of rotatable bonds is 4. The highest BCUT2D eigenvalue weighted by Gasteiger charge is 2.43. The minimum Gasteiger partial charge on any atom is -0.310 e. The van der Waals surface area contributed by atoms with E-state index in [9.17, 15) is 14.9 Å². The molecule has 1 aromatic heterocycles. The first-order chi connectivity index (χ1) is 10.1. The summed E-state index contributed by atoms with van der Waals surface area (Å²) in [6.45, 7) is 0. The highest BCUT2D eigenvalue weighted by molar-refractivity contribution is 5.94. The van der Waals surface area contributed by atoms with Crippen LogP contribution < -0.4 is 5.32 Å². The molecule has 0 saturated heterocycles. The lowest BCUT2D eigenvalue weighted by Gasteiger charge is -2.04.